The van der Waals surface area contributed by atoms with Crippen molar-refractivity contribution in [1.82, 2.24) is 19.8 Å². The van der Waals surface area contributed by atoms with Gasteiger partial charge in [0.05, 0.1) is 27.7 Å². The van der Waals surface area contributed by atoms with Gasteiger partial charge in [-0.05, 0) is 38.1 Å². The SMILES string of the molecule is CN(C)CC1Cc2cccc3c4c5c(c6c7ccccc7[nH]c6c4n(c23)C1)C(=O)NC5=O. The van der Waals surface area contributed by atoms with Gasteiger partial charge in [-0.3, -0.25) is 14.9 Å². The monoisotopic (exact) mass is 422 g/mol. The van der Waals surface area contributed by atoms with Gasteiger partial charge in [-0.15, -0.1) is 0 Å². The molecule has 2 aliphatic heterocycles. The normalized spacial score (nSPS) is 17.9. The molecule has 3 aromatic carbocycles. The first-order valence-electron chi connectivity index (χ1n) is 11.0. The van der Waals surface area contributed by atoms with Crippen LogP contribution in [0.15, 0.2) is 42.5 Å². The predicted molar refractivity (Wildman–Crippen MR) is 126 cm³/mol. The molecule has 5 aromatic rings. The average Bonchev–Trinajstić information content (AvgIpc) is 3.38. The van der Waals surface area contributed by atoms with E-state index >= 15 is 0 Å². The Balaban J connectivity index is 1.73. The largest absolute Gasteiger partial charge is 0.353 e. The van der Waals surface area contributed by atoms with Gasteiger partial charge in [0.2, 0.25) is 0 Å². The second-order valence-electron chi connectivity index (χ2n) is 9.43. The lowest BCUT2D eigenvalue weighted by Gasteiger charge is -2.27. The molecule has 6 nitrogen and oxygen atoms in total. The van der Waals surface area contributed by atoms with E-state index < -0.39 is 0 Å². The van der Waals surface area contributed by atoms with Gasteiger partial charge >= 0.3 is 0 Å². The van der Waals surface area contributed by atoms with Gasteiger partial charge in [-0.25, -0.2) is 0 Å². The molecule has 2 aliphatic rings. The van der Waals surface area contributed by atoms with E-state index in [0.717, 1.165) is 57.6 Å². The molecule has 0 saturated heterocycles. The summed E-state index contributed by atoms with van der Waals surface area (Å²) in [5.74, 6) is -0.128. The van der Waals surface area contributed by atoms with Crippen molar-refractivity contribution < 1.29 is 9.59 Å². The Bertz CT molecular complexity index is 1650. The fourth-order valence-electron chi connectivity index (χ4n) is 6.13. The van der Waals surface area contributed by atoms with Crippen LogP contribution in [-0.4, -0.2) is 46.9 Å². The second-order valence-corrected chi connectivity index (χ2v) is 9.43. The number of hydrogen-bond acceptors (Lipinski definition) is 3. The molecule has 4 heterocycles. The lowest BCUT2D eigenvalue weighted by atomic mass is 9.93. The van der Waals surface area contributed by atoms with Crippen LogP contribution in [0.5, 0.6) is 0 Å². The van der Waals surface area contributed by atoms with Crippen LogP contribution in [0.4, 0.5) is 0 Å². The maximum atomic E-state index is 13.1. The molecule has 2 N–H and O–H groups in total. The Morgan fingerprint density at radius 1 is 0.938 bits per heavy atom. The third-order valence-corrected chi connectivity index (χ3v) is 7.11. The van der Waals surface area contributed by atoms with Gasteiger partial charge in [0.25, 0.3) is 11.8 Å². The summed E-state index contributed by atoms with van der Waals surface area (Å²) in [6.45, 7) is 1.88. The van der Waals surface area contributed by atoms with Crippen molar-refractivity contribution >= 4 is 55.4 Å². The number of nitrogens with zero attached hydrogens (tertiary/aromatic N) is 2. The van der Waals surface area contributed by atoms with Crippen LogP contribution < -0.4 is 5.32 Å². The van der Waals surface area contributed by atoms with Gasteiger partial charge < -0.3 is 14.5 Å². The van der Waals surface area contributed by atoms with E-state index in [1.54, 1.807) is 0 Å². The summed E-state index contributed by atoms with van der Waals surface area (Å²) >= 11 is 0. The molecule has 158 valence electrons. The number of nitrogens with one attached hydrogen (secondary N) is 2. The van der Waals surface area contributed by atoms with Gasteiger partial charge in [0, 0.05) is 40.2 Å². The Labute approximate surface area is 183 Å². The van der Waals surface area contributed by atoms with Crippen molar-refractivity contribution in [1.29, 1.82) is 0 Å². The molecule has 2 amide bonds. The number of H-pyrrole nitrogens is 1. The highest BCUT2D eigenvalue weighted by molar-refractivity contribution is 6.39. The summed E-state index contributed by atoms with van der Waals surface area (Å²) in [6.07, 6.45) is 1.01. The summed E-state index contributed by atoms with van der Waals surface area (Å²) in [4.78, 5) is 31.9. The molecule has 0 radical (unpaired) electrons. The summed E-state index contributed by atoms with van der Waals surface area (Å²) in [7, 11) is 4.23. The van der Waals surface area contributed by atoms with Crippen molar-refractivity contribution in [3.8, 4) is 0 Å². The molecule has 32 heavy (non-hydrogen) atoms. The molecular weight excluding hydrogens is 400 g/mol. The zero-order valence-corrected chi connectivity index (χ0v) is 18.0. The number of hydrogen-bond donors (Lipinski definition) is 2. The molecule has 6 heteroatoms. The van der Waals surface area contributed by atoms with Crippen molar-refractivity contribution in [3.05, 3.63) is 59.2 Å². The molecule has 1 atom stereocenters. The molecule has 1 unspecified atom stereocenters. The minimum Gasteiger partial charge on any atom is -0.353 e. The molecule has 0 saturated carbocycles. The quantitative estimate of drug-likeness (QED) is 0.422. The van der Waals surface area contributed by atoms with E-state index in [9.17, 15) is 9.59 Å². The van der Waals surface area contributed by atoms with Gasteiger partial charge in [-0.2, -0.15) is 0 Å². The first-order chi connectivity index (χ1) is 15.5. The number of imide groups is 1. The number of carbonyl (C=O) groups excluding carboxylic acids is 2. The van der Waals surface area contributed by atoms with Crippen LogP contribution in [0.3, 0.4) is 0 Å². The Kier molecular flexibility index (Phi) is 3.36. The number of rotatable bonds is 2. The van der Waals surface area contributed by atoms with E-state index in [-0.39, 0.29) is 11.8 Å². The van der Waals surface area contributed by atoms with E-state index in [4.69, 9.17) is 0 Å². The second kappa shape index (κ2) is 5.99. The smallest absolute Gasteiger partial charge is 0.259 e. The lowest BCUT2D eigenvalue weighted by molar-refractivity contribution is 0.0880. The molecule has 0 spiro atoms. The average molecular weight is 422 g/mol. The highest BCUT2D eigenvalue weighted by Crippen LogP contribution is 2.45. The van der Waals surface area contributed by atoms with Crippen molar-refractivity contribution in [2.45, 2.75) is 13.0 Å². The maximum Gasteiger partial charge on any atom is 0.259 e. The standard InChI is InChI=1S/C26H22N4O2/c1-29(2)11-13-10-14-6-5-8-16-19-21-20(25(31)28-26(21)32)18-15-7-3-4-9-17(15)27-22(18)24(19)30(12-13)23(14)16/h3-9,13,27H,10-12H2,1-2H3,(H,28,31,32). The molecular formula is C26H22N4O2. The fourth-order valence-corrected chi connectivity index (χ4v) is 6.13. The van der Waals surface area contributed by atoms with E-state index in [0.29, 0.717) is 17.0 Å². The molecule has 7 rings (SSSR count). The third-order valence-electron chi connectivity index (χ3n) is 7.11. The number of aromatic nitrogens is 2. The fraction of sp³-hybridized carbons (Fsp3) is 0.231. The number of amides is 2. The minimum atomic E-state index is -0.306. The van der Waals surface area contributed by atoms with Crippen LogP contribution in [-0.2, 0) is 13.0 Å². The van der Waals surface area contributed by atoms with Gasteiger partial charge in [0.1, 0.15) is 0 Å². The first kappa shape index (κ1) is 18.0. The van der Waals surface area contributed by atoms with E-state index in [2.05, 4.69) is 52.1 Å². The zero-order valence-electron chi connectivity index (χ0n) is 18.0. The Morgan fingerprint density at radius 2 is 1.69 bits per heavy atom. The predicted octanol–water partition coefficient (Wildman–Crippen LogP) is 4.05. The van der Waals surface area contributed by atoms with Crippen molar-refractivity contribution in [2.75, 3.05) is 20.6 Å². The van der Waals surface area contributed by atoms with E-state index in [1.165, 1.54) is 11.1 Å². The van der Waals surface area contributed by atoms with Crippen molar-refractivity contribution in [3.63, 3.8) is 0 Å². The summed E-state index contributed by atoms with van der Waals surface area (Å²) in [5.41, 5.74) is 6.47. The van der Waals surface area contributed by atoms with Gasteiger partial charge in [-0.1, -0.05) is 36.4 Å². The topological polar surface area (TPSA) is 70.1 Å². The van der Waals surface area contributed by atoms with Crippen LogP contribution >= 0.6 is 0 Å². The zero-order chi connectivity index (χ0) is 21.7. The highest BCUT2D eigenvalue weighted by atomic mass is 16.2. The molecule has 0 bridgehead atoms. The summed E-state index contributed by atoms with van der Waals surface area (Å²) in [6, 6.07) is 14.4. The van der Waals surface area contributed by atoms with Crippen LogP contribution in [0, 0.1) is 5.92 Å². The maximum absolute atomic E-state index is 13.1. The van der Waals surface area contributed by atoms with Crippen molar-refractivity contribution in [2.24, 2.45) is 5.92 Å². The minimum absolute atomic E-state index is 0.296. The van der Waals surface area contributed by atoms with Crippen LogP contribution in [0.1, 0.15) is 26.3 Å². The molecule has 0 fully saturated rings. The lowest BCUT2D eigenvalue weighted by Crippen LogP contribution is -2.29. The summed E-state index contributed by atoms with van der Waals surface area (Å²) < 4.78 is 2.39. The number of aromatic amines is 1. The highest BCUT2D eigenvalue weighted by Gasteiger charge is 2.37. The molecule has 2 aromatic heterocycles. The van der Waals surface area contributed by atoms with Crippen LogP contribution in [0.25, 0.3) is 43.6 Å². The summed E-state index contributed by atoms with van der Waals surface area (Å²) in [5, 5.41) is 6.35. The number of carbonyl (C=O) groups is 2. The van der Waals surface area contributed by atoms with Crippen LogP contribution in [0.2, 0.25) is 0 Å². The third kappa shape index (κ3) is 2.12. The number of para-hydroxylation sites is 2. The number of fused-ring (bicyclic) bond motifs is 10. The van der Waals surface area contributed by atoms with Gasteiger partial charge in [0.15, 0.2) is 0 Å². The Morgan fingerprint density at radius 3 is 2.50 bits per heavy atom. The first-order valence-corrected chi connectivity index (χ1v) is 11.0. The molecule has 0 aliphatic carbocycles. The van der Waals surface area contributed by atoms with E-state index in [1.807, 2.05) is 24.3 Å². The Hall–Kier alpha value is -3.64. The number of benzene rings is 3.